The van der Waals surface area contributed by atoms with Gasteiger partial charge in [-0.1, -0.05) is 47.0 Å². The molecule has 5 heteroatoms. The van der Waals surface area contributed by atoms with Gasteiger partial charge >= 0.3 is 0 Å². The fourth-order valence-electron chi connectivity index (χ4n) is 1.83. The van der Waals surface area contributed by atoms with Crippen molar-refractivity contribution in [2.45, 2.75) is 59.8 Å². The van der Waals surface area contributed by atoms with E-state index in [4.69, 9.17) is 0 Å². The number of nitrogens with one attached hydrogen (secondary N) is 2. The Morgan fingerprint density at radius 1 is 0.952 bits per heavy atom. The summed E-state index contributed by atoms with van der Waals surface area (Å²) in [5, 5.41) is 5.10. The van der Waals surface area contributed by atoms with Crippen LogP contribution in [0.3, 0.4) is 0 Å². The first kappa shape index (κ1) is 19.6. The molecule has 0 aromatic rings. The second-order valence-electron chi connectivity index (χ2n) is 5.73. The van der Waals surface area contributed by atoms with Gasteiger partial charge in [0.2, 0.25) is 11.8 Å². The highest BCUT2D eigenvalue weighted by atomic mass is 16.2. The smallest absolute Gasteiger partial charge is 0.239 e. The second kappa shape index (κ2) is 11.3. The predicted molar refractivity (Wildman–Crippen MR) is 83.8 cm³/mol. The molecule has 0 aromatic carbocycles. The summed E-state index contributed by atoms with van der Waals surface area (Å²) < 4.78 is 0. The maximum absolute atomic E-state index is 11.8. The maximum atomic E-state index is 11.8. The van der Waals surface area contributed by atoms with Crippen LogP contribution in [0, 0.1) is 11.8 Å². The molecule has 2 atom stereocenters. The summed E-state index contributed by atoms with van der Waals surface area (Å²) in [6, 6.07) is 0. The van der Waals surface area contributed by atoms with E-state index in [1.54, 1.807) is 6.92 Å². The Labute approximate surface area is 128 Å². The number of amides is 2. The zero-order valence-corrected chi connectivity index (χ0v) is 13.8. The maximum Gasteiger partial charge on any atom is 0.239 e. The molecule has 0 rings (SSSR count). The first-order valence-electron chi connectivity index (χ1n) is 7.96. The number of rotatable bonds is 11. The standard InChI is InChI=1S/C16H30N2O3/c1-5-12(3)8-7-9-13(4)16(21)18-11-15(20)17-10-14(19)6-2/h12-13H,5-11H2,1-4H3,(H,17,20)(H,18,21)/t12?,13-/m0/s1. The van der Waals surface area contributed by atoms with Crippen LogP contribution in [0.1, 0.15) is 59.8 Å². The molecule has 0 heterocycles. The number of carbonyl (C=O) groups excluding carboxylic acids is 3. The Morgan fingerprint density at radius 3 is 2.19 bits per heavy atom. The van der Waals surface area contributed by atoms with Gasteiger partial charge in [0.05, 0.1) is 13.1 Å². The van der Waals surface area contributed by atoms with Crippen molar-refractivity contribution in [3.63, 3.8) is 0 Å². The van der Waals surface area contributed by atoms with Gasteiger partial charge < -0.3 is 10.6 Å². The van der Waals surface area contributed by atoms with Crippen molar-refractivity contribution in [2.24, 2.45) is 11.8 Å². The summed E-state index contributed by atoms with van der Waals surface area (Å²) >= 11 is 0. The molecule has 0 radical (unpaired) electrons. The summed E-state index contributed by atoms with van der Waals surface area (Å²) in [4.78, 5) is 34.3. The van der Waals surface area contributed by atoms with Gasteiger partial charge in [0, 0.05) is 12.3 Å². The van der Waals surface area contributed by atoms with E-state index in [1.165, 1.54) is 0 Å². The minimum Gasteiger partial charge on any atom is -0.347 e. The van der Waals surface area contributed by atoms with E-state index in [0.717, 1.165) is 25.7 Å². The molecule has 0 aliphatic heterocycles. The minimum absolute atomic E-state index is 0.0203. The van der Waals surface area contributed by atoms with E-state index in [-0.39, 0.29) is 36.6 Å². The van der Waals surface area contributed by atoms with E-state index in [0.29, 0.717) is 12.3 Å². The average molecular weight is 298 g/mol. The molecule has 0 aliphatic rings. The van der Waals surface area contributed by atoms with Crippen molar-refractivity contribution < 1.29 is 14.4 Å². The van der Waals surface area contributed by atoms with Gasteiger partial charge in [-0.15, -0.1) is 0 Å². The molecule has 0 bridgehead atoms. The Balaban J connectivity index is 3.81. The van der Waals surface area contributed by atoms with E-state index < -0.39 is 0 Å². The third-order valence-corrected chi connectivity index (χ3v) is 3.78. The molecule has 2 amide bonds. The number of Topliss-reactive ketones (excluding diaryl/α,β-unsaturated/α-hetero) is 1. The minimum atomic E-state index is -0.322. The molecule has 0 aliphatic carbocycles. The Morgan fingerprint density at radius 2 is 1.62 bits per heavy atom. The summed E-state index contributed by atoms with van der Waals surface area (Å²) in [7, 11) is 0. The predicted octanol–water partition coefficient (Wildman–Crippen LogP) is 2.05. The number of ketones is 1. The van der Waals surface area contributed by atoms with Gasteiger partial charge in [0.15, 0.2) is 5.78 Å². The van der Waals surface area contributed by atoms with Crippen LogP contribution in [0.5, 0.6) is 0 Å². The van der Waals surface area contributed by atoms with Crippen LogP contribution in [0.15, 0.2) is 0 Å². The summed E-state index contributed by atoms with van der Waals surface area (Å²) in [6.07, 6.45) is 4.57. The Bertz CT molecular complexity index is 342. The van der Waals surface area contributed by atoms with E-state index >= 15 is 0 Å². The molecular formula is C16H30N2O3. The van der Waals surface area contributed by atoms with Gasteiger partial charge in [0.25, 0.3) is 0 Å². The van der Waals surface area contributed by atoms with Crippen LogP contribution in [0.25, 0.3) is 0 Å². The monoisotopic (exact) mass is 298 g/mol. The summed E-state index contributed by atoms with van der Waals surface area (Å²) in [6.45, 7) is 7.98. The van der Waals surface area contributed by atoms with Crippen LogP contribution < -0.4 is 10.6 Å². The third-order valence-electron chi connectivity index (χ3n) is 3.78. The summed E-state index contributed by atoms with van der Waals surface area (Å²) in [5.74, 6) is 0.169. The molecule has 5 nitrogen and oxygen atoms in total. The lowest BCUT2D eigenvalue weighted by atomic mass is 9.97. The lowest BCUT2D eigenvalue weighted by molar-refractivity contribution is -0.129. The first-order valence-corrected chi connectivity index (χ1v) is 7.96. The quantitative estimate of drug-likeness (QED) is 0.613. The largest absolute Gasteiger partial charge is 0.347 e. The normalized spacial score (nSPS) is 13.3. The number of carbonyl (C=O) groups is 3. The van der Waals surface area contributed by atoms with Crippen molar-refractivity contribution in [2.75, 3.05) is 13.1 Å². The summed E-state index contributed by atoms with van der Waals surface area (Å²) in [5.41, 5.74) is 0. The lowest BCUT2D eigenvalue weighted by Crippen LogP contribution is -2.40. The Kier molecular flexibility index (Phi) is 10.5. The molecule has 21 heavy (non-hydrogen) atoms. The molecule has 1 unspecified atom stereocenters. The van der Waals surface area contributed by atoms with Crippen molar-refractivity contribution in [3.8, 4) is 0 Å². The Hall–Kier alpha value is -1.39. The highest BCUT2D eigenvalue weighted by Gasteiger charge is 2.14. The van der Waals surface area contributed by atoms with Gasteiger partial charge in [-0.2, -0.15) is 0 Å². The van der Waals surface area contributed by atoms with Crippen molar-refractivity contribution in [3.05, 3.63) is 0 Å². The fourth-order valence-corrected chi connectivity index (χ4v) is 1.83. The van der Waals surface area contributed by atoms with Gasteiger partial charge in [0.1, 0.15) is 0 Å². The molecule has 0 aromatic heterocycles. The van der Waals surface area contributed by atoms with Crippen LogP contribution >= 0.6 is 0 Å². The molecule has 0 spiro atoms. The second-order valence-corrected chi connectivity index (χ2v) is 5.73. The molecule has 0 saturated carbocycles. The average Bonchev–Trinajstić information content (AvgIpc) is 2.49. The van der Waals surface area contributed by atoms with E-state index in [2.05, 4.69) is 24.5 Å². The third kappa shape index (κ3) is 10.0. The zero-order valence-electron chi connectivity index (χ0n) is 13.8. The lowest BCUT2D eigenvalue weighted by Gasteiger charge is -2.13. The van der Waals surface area contributed by atoms with Gasteiger partial charge in [-0.3, -0.25) is 14.4 Å². The highest BCUT2D eigenvalue weighted by molar-refractivity contribution is 5.89. The molecule has 122 valence electrons. The number of hydrogen-bond acceptors (Lipinski definition) is 3. The SMILES string of the molecule is CCC(=O)CNC(=O)CNC(=O)[C@@H](C)CCCC(C)CC. The van der Waals surface area contributed by atoms with Gasteiger partial charge in [-0.05, 0) is 12.3 Å². The van der Waals surface area contributed by atoms with Crippen molar-refractivity contribution in [1.29, 1.82) is 0 Å². The highest BCUT2D eigenvalue weighted by Crippen LogP contribution is 2.14. The van der Waals surface area contributed by atoms with Gasteiger partial charge in [-0.25, -0.2) is 0 Å². The molecule has 0 saturated heterocycles. The van der Waals surface area contributed by atoms with Crippen LogP contribution in [-0.2, 0) is 14.4 Å². The van der Waals surface area contributed by atoms with Crippen LogP contribution in [0.2, 0.25) is 0 Å². The van der Waals surface area contributed by atoms with Crippen LogP contribution in [0.4, 0.5) is 0 Å². The topological polar surface area (TPSA) is 75.3 Å². The van der Waals surface area contributed by atoms with E-state index in [9.17, 15) is 14.4 Å². The zero-order chi connectivity index (χ0) is 16.3. The van der Waals surface area contributed by atoms with Crippen molar-refractivity contribution in [1.82, 2.24) is 10.6 Å². The molecule has 2 N–H and O–H groups in total. The molecular weight excluding hydrogens is 268 g/mol. The first-order chi connectivity index (χ1) is 9.90. The van der Waals surface area contributed by atoms with Crippen molar-refractivity contribution >= 4 is 17.6 Å². The number of hydrogen-bond donors (Lipinski definition) is 2. The van der Waals surface area contributed by atoms with E-state index in [1.807, 2.05) is 6.92 Å². The fraction of sp³-hybridized carbons (Fsp3) is 0.812. The van der Waals surface area contributed by atoms with Crippen LogP contribution in [-0.4, -0.2) is 30.7 Å². The molecule has 0 fully saturated rings.